The van der Waals surface area contributed by atoms with E-state index in [0.717, 1.165) is 25.1 Å². The smallest absolute Gasteiger partial charge is 0.0518 e. The number of aryl methyl sites for hydroxylation is 1. The lowest BCUT2D eigenvalue weighted by Crippen LogP contribution is -2.24. The van der Waals surface area contributed by atoms with Gasteiger partial charge in [0.25, 0.3) is 0 Å². The predicted molar refractivity (Wildman–Crippen MR) is 116 cm³/mol. The van der Waals surface area contributed by atoms with Crippen LogP contribution in [0.3, 0.4) is 0 Å². The molecule has 1 aromatic heterocycles. The summed E-state index contributed by atoms with van der Waals surface area (Å²) in [6.07, 6.45) is 10.2. The molecule has 4 rings (SSSR count). The Morgan fingerprint density at radius 2 is 1.96 bits per heavy atom. The monoisotopic (exact) mass is 360 g/mol. The molecule has 2 nitrogen and oxygen atoms in total. The van der Waals surface area contributed by atoms with Gasteiger partial charge in [-0.15, -0.1) is 0 Å². The number of nitrogens with zero attached hydrogens (tertiary/aromatic N) is 2. The molecular formula is C25H32N2. The van der Waals surface area contributed by atoms with Crippen LogP contribution in [0, 0.1) is 12.8 Å². The number of fused-ring (bicyclic) bond motifs is 3. The Bertz CT molecular complexity index is 955. The third-order valence-electron chi connectivity index (χ3n) is 6.31. The van der Waals surface area contributed by atoms with Gasteiger partial charge in [0.15, 0.2) is 0 Å². The van der Waals surface area contributed by atoms with Crippen molar-refractivity contribution in [2.45, 2.75) is 46.6 Å². The zero-order valence-corrected chi connectivity index (χ0v) is 17.3. The van der Waals surface area contributed by atoms with Gasteiger partial charge in [-0.25, -0.2) is 0 Å². The molecule has 2 aliphatic rings. The van der Waals surface area contributed by atoms with Gasteiger partial charge in [0.05, 0.1) is 5.52 Å². The van der Waals surface area contributed by atoms with Crippen LogP contribution in [-0.2, 0) is 25.8 Å². The summed E-state index contributed by atoms with van der Waals surface area (Å²) in [5.41, 5.74) is 10.2. The fourth-order valence-corrected chi connectivity index (χ4v) is 4.97. The number of rotatable bonds is 3. The second kappa shape index (κ2) is 7.16. The van der Waals surface area contributed by atoms with E-state index >= 15 is 0 Å². The molecule has 0 saturated heterocycles. The Morgan fingerprint density at radius 1 is 1.19 bits per heavy atom. The Labute approximate surface area is 163 Å². The standard InChI is InChI=1S/C25H32N2/c1-6-19(8-7-17(2)3)21-15-20-13-18(4)14-23-22-9-11-26(5)12-10-24(22)27(16-21)25(20)23/h6-8,13-14,21H,2,9-12,15-16H2,1,3-5H3/b8-7-,19-6+. The summed E-state index contributed by atoms with van der Waals surface area (Å²) in [5.74, 6) is 0.542. The highest BCUT2D eigenvalue weighted by molar-refractivity contribution is 5.90. The normalized spacial score (nSPS) is 20.9. The second-order valence-electron chi connectivity index (χ2n) is 8.53. The van der Waals surface area contributed by atoms with Gasteiger partial charge in [0.2, 0.25) is 0 Å². The average molecular weight is 361 g/mol. The van der Waals surface area contributed by atoms with Crippen molar-refractivity contribution in [3.8, 4) is 0 Å². The minimum absolute atomic E-state index is 0.542. The van der Waals surface area contributed by atoms with Gasteiger partial charge in [0, 0.05) is 43.1 Å². The number of allylic oxidation sites excluding steroid dienone is 5. The third-order valence-corrected chi connectivity index (χ3v) is 6.31. The summed E-state index contributed by atoms with van der Waals surface area (Å²) >= 11 is 0. The van der Waals surface area contributed by atoms with Crippen LogP contribution in [0.2, 0.25) is 0 Å². The number of hydrogen-bond acceptors (Lipinski definition) is 1. The first-order valence-electron chi connectivity index (χ1n) is 10.3. The highest BCUT2D eigenvalue weighted by Crippen LogP contribution is 2.38. The molecule has 1 atom stereocenters. The Morgan fingerprint density at radius 3 is 2.70 bits per heavy atom. The topological polar surface area (TPSA) is 8.17 Å². The van der Waals surface area contributed by atoms with Gasteiger partial charge in [0.1, 0.15) is 0 Å². The maximum absolute atomic E-state index is 4.03. The number of hydrogen-bond donors (Lipinski definition) is 0. The highest BCUT2D eigenvalue weighted by Gasteiger charge is 2.28. The van der Waals surface area contributed by atoms with Crippen LogP contribution in [0.1, 0.15) is 36.2 Å². The molecular weight excluding hydrogens is 328 g/mol. The van der Waals surface area contributed by atoms with Gasteiger partial charge in [-0.2, -0.15) is 0 Å². The molecule has 0 N–H and O–H groups in total. The molecule has 0 fully saturated rings. The molecule has 0 amide bonds. The molecule has 1 unspecified atom stereocenters. The van der Waals surface area contributed by atoms with E-state index in [4.69, 9.17) is 0 Å². The number of aromatic nitrogens is 1. The van der Waals surface area contributed by atoms with Crippen LogP contribution >= 0.6 is 0 Å². The first-order valence-corrected chi connectivity index (χ1v) is 10.3. The minimum atomic E-state index is 0.542. The lowest BCUT2D eigenvalue weighted by molar-refractivity contribution is 0.350. The van der Waals surface area contributed by atoms with Crippen molar-refractivity contribution < 1.29 is 0 Å². The Balaban J connectivity index is 1.82. The van der Waals surface area contributed by atoms with E-state index < -0.39 is 0 Å². The van der Waals surface area contributed by atoms with Crippen LogP contribution in [0.5, 0.6) is 0 Å². The SMILES string of the molecule is C=C(C)/C=C\C(=C/C)C1Cc2cc(C)cc3c4c(n(c23)C1)CCN(C)CC4. The van der Waals surface area contributed by atoms with E-state index in [1.807, 2.05) is 0 Å². The van der Waals surface area contributed by atoms with Crippen LogP contribution in [0.25, 0.3) is 10.9 Å². The lowest BCUT2D eigenvalue weighted by Gasteiger charge is -2.28. The van der Waals surface area contributed by atoms with Gasteiger partial charge < -0.3 is 9.47 Å². The van der Waals surface area contributed by atoms with E-state index in [1.165, 1.54) is 47.0 Å². The summed E-state index contributed by atoms with van der Waals surface area (Å²) < 4.78 is 2.67. The number of benzene rings is 1. The third kappa shape index (κ3) is 3.32. The lowest BCUT2D eigenvalue weighted by atomic mass is 9.87. The van der Waals surface area contributed by atoms with Crippen LogP contribution in [0.15, 0.2) is 48.1 Å². The summed E-state index contributed by atoms with van der Waals surface area (Å²) in [6, 6.07) is 4.85. The van der Waals surface area contributed by atoms with Gasteiger partial charge >= 0.3 is 0 Å². The number of likely N-dealkylation sites (N-methyl/N-ethyl adjacent to an activating group) is 1. The molecule has 0 bridgehead atoms. The van der Waals surface area contributed by atoms with E-state index in [-0.39, 0.29) is 0 Å². The maximum atomic E-state index is 4.03. The fraction of sp³-hybridized carbons (Fsp3) is 0.440. The molecule has 0 aliphatic carbocycles. The van der Waals surface area contributed by atoms with Crippen molar-refractivity contribution in [2.24, 2.45) is 5.92 Å². The van der Waals surface area contributed by atoms with E-state index in [1.54, 1.807) is 11.3 Å². The summed E-state index contributed by atoms with van der Waals surface area (Å²) in [4.78, 5) is 2.48. The quantitative estimate of drug-likeness (QED) is 0.680. The summed E-state index contributed by atoms with van der Waals surface area (Å²) in [7, 11) is 2.25. The van der Waals surface area contributed by atoms with Gasteiger partial charge in [-0.1, -0.05) is 42.0 Å². The second-order valence-corrected chi connectivity index (χ2v) is 8.53. The molecule has 1 aromatic carbocycles. The fourth-order valence-electron chi connectivity index (χ4n) is 4.97. The van der Waals surface area contributed by atoms with Crippen molar-refractivity contribution in [1.29, 1.82) is 0 Å². The zero-order chi connectivity index (χ0) is 19.1. The molecule has 0 radical (unpaired) electrons. The molecule has 2 aromatic rings. The largest absolute Gasteiger partial charge is 0.343 e. The van der Waals surface area contributed by atoms with Crippen molar-refractivity contribution in [1.82, 2.24) is 9.47 Å². The van der Waals surface area contributed by atoms with Crippen molar-refractivity contribution in [3.05, 3.63) is 70.5 Å². The molecule has 0 saturated carbocycles. The van der Waals surface area contributed by atoms with Gasteiger partial charge in [-0.3, -0.25) is 0 Å². The minimum Gasteiger partial charge on any atom is -0.343 e. The molecule has 0 spiro atoms. The highest BCUT2D eigenvalue weighted by atomic mass is 15.1. The molecule has 2 heteroatoms. The average Bonchev–Trinajstić information content (AvgIpc) is 2.78. The van der Waals surface area contributed by atoms with Crippen LogP contribution < -0.4 is 0 Å². The summed E-state index contributed by atoms with van der Waals surface area (Å²) in [5, 5.41) is 1.52. The first-order chi connectivity index (χ1) is 13.0. The van der Waals surface area contributed by atoms with E-state index in [9.17, 15) is 0 Å². The molecule has 2 aliphatic heterocycles. The van der Waals surface area contributed by atoms with E-state index in [2.05, 4.69) is 74.2 Å². The molecule has 3 heterocycles. The maximum Gasteiger partial charge on any atom is 0.0518 e. The molecule has 27 heavy (non-hydrogen) atoms. The Hall–Kier alpha value is -2.06. The van der Waals surface area contributed by atoms with Crippen LogP contribution in [-0.4, -0.2) is 29.6 Å². The van der Waals surface area contributed by atoms with Crippen molar-refractivity contribution in [3.63, 3.8) is 0 Å². The predicted octanol–water partition coefficient (Wildman–Crippen LogP) is 5.23. The van der Waals surface area contributed by atoms with E-state index in [0.29, 0.717) is 5.92 Å². The zero-order valence-electron chi connectivity index (χ0n) is 17.3. The van der Waals surface area contributed by atoms with Crippen molar-refractivity contribution in [2.75, 3.05) is 20.1 Å². The van der Waals surface area contributed by atoms with Crippen LogP contribution in [0.4, 0.5) is 0 Å². The Kier molecular flexibility index (Phi) is 4.86. The summed E-state index contributed by atoms with van der Waals surface area (Å²) in [6.45, 7) is 13.9. The van der Waals surface area contributed by atoms with Gasteiger partial charge in [-0.05, 0) is 63.4 Å². The molecule has 142 valence electrons. The van der Waals surface area contributed by atoms with Crippen molar-refractivity contribution >= 4 is 10.9 Å². The first kappa shape index (κ1) is 18.3.